The number of rotatable bonds is 2. The summed E-state index contributed by atoms with van der Waals surface area (Å²) in [7, 11) is 0. The van der Waals surface area contributed by atoms with Gasteiger partial charge in [0.2, 0.25) is 0 Å². The van der Waals surface area contributed by atoms with Crippen LogP contribution in [0.1, 0.15) is 15.9 Å². The number of aromatic nitrogens is 1. The van der Waals surface area contributed by atoms with Crippen molar-refractivity contribution in [1.82, 2.24) is 4.98 Å². The molecule has 0 saturated heterocycles. The van der Waals surface area contributed by atoms with Gasteiger partial charge < -0.3 is 5.11 Å². The summed E-state index contributed by atoms with van der Waals surface area (Å²) in [6, 6.07) is 22.1. The SMILES string of the molecule is N#Cc1ccc(-c2cc(C(=O)O)c3c(ccc4ccccc43)n2)cc1. The van der Waals surface area contributed by atoms with Gasteiger partial charge in [-0.3, -0.25) is 0 Å². The highest BCUT2D eigenvalue weighted by atomic mass is 16.4. The van der Waals surface area contributed by atoms with E-state index in [0.29, 0.717) is 22.2 Å². The summed E-state index contributed by atoms with van der Waals surface area (Å²) in [5, 5.41) is 21.1. The fourth-order valence-electron chi connectivity index (χ4n) is 3.04. The molecule has 1 heterocycles. The van der Waals surface area contributed by atoms with Gasteiger partial charge in [0.05, 0.1) is 28.4 Å². The fraction of sp³-hybridized carbons (Fsp3) is 0. The maximum absolute atomic E-state index is 11.9. The van der Waals surface area contributed by atoms with Gasteiger partial charge >= 0.3 is 5.97 Å². The second-order valence-electron chi connectivity index (χ2n) is 5.73. The molecule has 4 nitrogen and oxygen atoms in total. The van der Waals surface area contributed by atoms with Crippen LogP contribution in [0.5, 0.6) is 0 Å². The van der Waals surface area contributed by atoms with Gasteiger partial charge in [-0.25, -0.2) is 9.78 Å². The van der Waals surface area contributed by atoms with Crippen molar-refractivity contribution in [2.24, 2.45) is 0 Å². The van der Waals surface area contributed by atoms with E-state index in [-0.39, 0.29) is 5.56 Å². The highest BCUT2D eigenvalue weighted by Gasteiger charge is 2.15. The van der Waals surface area contributed by atoms with Crippen molar-refractivity contribution < 1.29 is 9.90 Å². The lowest BCUT2D eigenvalue weighted by Gasteiger charge is -2.10. The summed E-state index contributed by atoms with van der Waals surface area (Å²) in [6.07, 6.45) is 0. The minimum atomic E-state index is -0.987. The number of carboxylic acids is 1. The van der Waals surface area contributed by atoms with Crippen LogP contribution in [0.15, 0.2) is 66.7 Å². The van der Waals surface area contributed by atoms with E-state index >= 15 is 0 Å². The average Bonchev–Trinajstić information content (AvgIpc) is 2.66. The predicted molar refractivity (Wildman–Crippen MR) is 96.4 cm³/mol. The zero-order valence-electron chi connectivity index (χ0n) is 13.1. The first kappa shape index (κ1) is 14.9. The number of nitriles is 1. The largest absolute Gasteiger partial charge is 0.478 e. The highest BCUT2D eigenvalue weighted by molar-refractivity contribution is 6.15. The summed E-state index contributed by atoms with van der Waals surface area (Å²) in [6.45, 7) is 0. The molecule has 0 fully saturated rings. The quantitative estimate of drug-likeness (QED) is 0.546. The number of fused-ring (bicyclic) bond motifs is 3. The average molecular weight is 324 g/mol. The smallest absolute Gasteiger partial charge is 0.336 e. The molecule has 0 atom stereocenters. The minimum absolute atomic E-state index is 0.223. The lowest BCUT2D eigenvalue weighted by molar-refractivity contribution is 0.0699. The van der Waals surface area contributed by atoms with Crippen LogP contribution in [0.3, 0.4) is 0 Å². The van der Waals surface area contributed by atoms with Gasteiger partial charge in [0, 0.05) is 10.9 Å². The maximum Gasteiger partial charge on any atom is 0.336 e. The molecule has 0 aliphatic heterocycles. The van der Waals surface area contributed by atoms with E-state index in [0.717, 1.165) is 16.3 Å². The Morgan fingerprint density at radius 2 is 1.76 bits per heavy atom. The summed E-state index contributed by atoms with van der Waals surface area (Å²) >= 11 is 0. The lowest BCUT2D eigenvalue weighted by atomic mass is 9.98. The number of carbonyl (C=O) groups is 1. The molecular formula is C21H12N2O2. The predicted octanol–water partition coefficient (Wildman–Crippen LogP) is 4.62. The first-order chi connectivity index (χ1) is 12.2. The second-order valence-corrected chi connectivity index (χ2v) is 5.73. The van der Waals surface area contributed by atoms with Crippen molar-refractivity contribution in [2.75, 3.05) is 0 Å². The third-order valence-electron chi connectivity index (χ3n) is 4.24. The molecule has 0 aliphatic rings. The van der Waals surface area contributed by atoms with Crippen LogP contribution in [0.25, 0.3) is 32.9 Å². The summed E-state index contributed by atoms with van der Waals surface area (Å²) < 4.78 is 0. The molecule has 0 unspecified atom stereocenters. The first-order valence-corrected chi connectivity index (χ1v) is 7.74. The molecule has 0 saturated carbocycles. The lowest BCUT2D eigenvalue weighted by Crippen LogP contribution is -2.01. The van der Waals surface area contributed by atoms with Gasteiger partial charge in [0.1, 0.15) is 0 Å². The second kappa shape index (κ2) is 5.73. The number of aromatic carboxylic acids is 1. The Morgan fingerprint density at radius 3 is 2.48 bits per heavy atom. The number of nitrogens with zero attached hydrogens (tertiary/aromatic N) is 2. The van der Waals surface area contributed by atoms with Crippen LogP contribution in [0.4, 0.5) is 0 Å². The van der Waals surface area contributed by atoms with E-state index < -0.39 is 5.97 Å². The summed E-state index contributed by atoms with van der Waals surface area (Å²) in [4.78, 5) is 16.5. The zero-order valence-corrected chi connectivity index (χ0v) is 13.1. The molecule has 4 aromatic rings. The van der Waals surface area contributed by atoms with Crippen molar-refractivity contribution in [1.29, 1.82) is 5.26 Å². The van der Waals surface area contributed by atoms with Gasteiger partial charge in [0.15, 0.2) is 0 Å². The van der Waals surface area contributed by atoms with E-state index in [1.807, 2.05) is 36.4 Å². The highest BCUT2D eigenvalue weighted by Crippen LogP contribution is 2.30. The molecule has 4 heteroatoms. The Balaban J connectivity index is 2.04. The van der Waals surface area contributed by atoms with Gasteiger partial charge in [-0.15, -0.1) is 0 Å². The Bertz CT molecular complexity index is 1170. The van der Waals surface area contributed by atoms with Gasteiger partial charge in [-0.05, 0) is 35.0 Å². The number of hydrogen-bond acceptors (Lipinski definition) is 3. The maximum atomic E-state index is 11.9. The number of pyridine rings is 1. The molecule has 1 aromatic heterocycles. The normalized spacial score (nSPS) is 10.7. The van der Waals surface area contributed by atoms with Crippen LogP contribution in [-0.2, 0) is 0 Å². The zero-order chi connectivity index (χ0) is 17.4. The third-order valence-corrected chi connectivity index (χ3v) is 4.24. The fourth-order valence-corrected chi connectivity index (χ4v) is 3.04. The summed E-state index contributed by atoms with van der Waals surface area (Å²) in [5.41, 5.74) is 2.76. The third kappa shape index (κ3) is 2.48. The Kier molecular flexibility index (Phi) is 3.41. The van der Waals surface area contributed by atoms with E-state index in [1.165, 1.54) is 0 Å². The Morgan fingerprint density at radius 1 is 1.00 bits per heavy atom. The first-order valence-electron chi connectivity index (χ1n) is 7.74. The van der Waals surface area contributed by atoms with Crippen LogP contribution < -0.4 is 0 Å². The summed E-state index contributed by atoms with van der Waals surface area (Å²) in [5.74, 6) is -0.987. The number of benzene rings is 3. The van der Waals surface area contributed by atoms with Crippen molar-refractivity contribution in [3.05, 3.63) is 77.9 Å². The molecule has 0 aliphatic carbocycles. The van der Waals surface area contributed by atoms with Crippen molar-refractivity contribution in [3.63, 3.8) is 0 Å². The molecule has 4 rings (SSSR count). The van der Waals surface area contributed by atoms with Crippen LogP contribution in [0, 0.1) is 11.3 Å². The van der Waals surface area contributed by atoms with Crippen molar-refractivity contribution in [2.45, 2.75) is 0 Å². The Labute approximate surface area is 143 Å². The van der Waals surface area contributed by atoms with E-state index in [1.54, 1.807) is 30.3 Å². The molecular weight excluding hydrogens is 312 g/mol. The van der Waals surface area contributed by atoms with Crippen molar-refractivity contribution >= 4 is 27.6 Å². The molecule has 0 radical (unpaired) electrons. The minimum Gasteiger partial charge on any atom is -0.478 e. The molecule has 1 N–H and O–H groups in total. The standard InChI is InChI=1S/C21H12N2O2/c22-12-13-5-7-15(8-6-13)19-11-17(21(24)25)20-16-4-2-1-3-14(16)9-10-18(20)23-19/h1-11H,(H,24,25). The van der Waals surface area contributed by atoms with E-state index in [2.05, 4.69) is 11.1 Å². The van der Waals surface area contributed by atoms with Crippen LogP contribution >= 0.6 is 0 Å². The molecule has 25 heavy (non-hydrogen) atoms. The van der Waals surface area contributed by atoms with Gasteiger partial charge in [-0.1, -0.05) is 42.5 Å². The van der Waals surface area contributed by atoms with Crippen LogP contribution in [0.2, 0.25) is 0 Å². The van der Waals surface area contributed by atoms with Crippen molar-refractivity contribution in [3.8, 4) is 17.3 Å². The number of hydrogen-bond donors (Lipinski definition) is 1. The van der Waals surface area contributed by atoms with E-state index in [4.69, 9.17) is 5.26 Å². The molecule has 118 valence electrons. The van der Waals surface area contributed by atoms with Crippen LogP contribution in [-0.4, -0.2) is 16.1 Å². The number of carboxylic acid groups (broad SMARTS) is 1. The van der Waals surface area contributed by atoms with Gasteiger partial charge in [-0.2, -0.15) is 5.26 Å². The molecule has 3 aromatic carbocycles. The van der Waals surface area contributed by atoms with Gasteiger partial charge in [0.25, 0.3) is 0 Å². The Hall–Kier alpha value is -3.71. The van der Waals surface area contributed by atoms with E-state index in [9.17, 15) is 9.90 Å². The molecule has 0 spiro atoms. The monoisotopic (exact) mass is 324 g/mol. The molecule has 0 bridgehead atoms. The molecule has 0 amide bonds. The topological polar surface area (TPSA) is 74.0 Å².